The Morgan fingerprint density at radius 2 is 2.36 bits per heavy atom. The van der Waals surface area contributed by atoms with E-state index in [4.69, 9.17) is 0 Å². The maximum Gasteiger partial charge on any atom is 0.130 e. The number of hydrogen-bond acceptors (Lipinski definition) is 1. The van der Waals surface area contributed by atoms with Crippen LogP contribution in [0.5, 0.6) is 0 Å². The Morgan fingerprint density at radius 3 is 2.82 bits per heavy atom. The van der Waals surface area contributed by atoms with Crippen molar-refractivity contribution < 1.29 is 4.79 Å². The molecule has 0 bridgehead atoms. The third kappa shape index (κ3) is 0.967. The van der Waals surface area contributed by atoms with E-state index in [2.05, 4.69) is 6.07 Å². The number of carbonyl (C=O) groups is 1. The molecule has 1 aliphatic carbocycles. The van der Waals surface area contributed by atoms with Crippen molar-refractivity contribution in [1.82, 2.24) is 0 Å². The van der Waals surface area contributed by atoms with Crippen molar-refractivity contribution in [2.24, 2.45) is 0 Å². The molecule has 2 rings (SSSR count). The molecule has 1 fully saturated rings. The summed E-state index contributed by atoms with van der Waals surface area (Å²) in [4.78, 5) is 10.7. The highest BCUT2D eigenvalue weighted by Gasteiger charge is 2.43. The van der Waals surface area contributed by atoms with Crippen LogP contribution < -0.4 is 0 Å². The summed E-state index contributed by atoms with van der Waals surface area (Å²) in [7, 11) is 0. The minimum atomic E-state index is -0.127. The van der Waals surface area contributed by atoms with Crippen LogP contribution in [-0.4, -0.2) is 6.29 Å². The van der Waals surface area contributed by atoms with E-state index in [1.807, 2.05) is 24.3 Å². The fourth-order valence-corrected chi connectivity index (χ4v) is 1.31. The van der Waals surface area contributed by atoms with Crippen LogP contribution in [0.2, 0.25) is 0 Å². The van der Waals surface area contributed by atoms with Crippen LogP contribution in [0.3, 0.4) is 0 Å². The first kappa shape index (κ1) is 6.59. The maximum atomic E-state index is 10.7. The van der Waals surface area contributed by atoms with E-state index in [0.29, 0.717) is 0 Å². The van der Waals surface area contributed by atoms with Crippen molar-refractivity contribution in [2.45, 2.75) is 18.3 Å². The minimum absolute atomic E-state index is 0.127. The van der Waals surface area contributed by atoms with Gasteiger partial charge in [0.15, 0.2) is 0 Å². The third-order valence-electron chi connectivity index (χ3n) is 2.30. The first-order valence-corrected chi connectivity index (χ1v) is 3.80. The quantitative estimate of drug-likeness (QED) is 0.579. The summed E-state index contributed by atoms with van der Waals surface area (Å²) in [5.41, 5.74) is 0.993. The predicted octanol–water partition coefficient (Wildman–Crippen LogP) is 1.72. The van der Waals surface area contributed by atoms with Crippen molar-refractivity contribution in [2.75, 3.05) is 0 Å². The number of benzene rings is 1. The molecule has 0 heterocycles. The summed E-state index contributed by atoms with van der Waals surface area (Å²) < 4.78 is 0. The molecule has 0 amide bonds. The van der Waals surface area contributed by atoms with Crippen LogP contribution in [0.25, 0.3) is 0 Å². The lowest BCUT2D eigenvalue weighted by Gasteiger charge is -2.04. The fraction of sp³-hybridized carbons (Fsp3) is 0.300. The van der Waals surface area contributed by atoms with Crippen molar-refractivity contribution in [1.29, 1.82) is 0 Å². The molecule has 55 valence electrons. The molecule has 0 N–H and O–H groups in total. The molecule has 1 radical (unpaired) electrons. The van der Waals surface area contributed by atoms with Crippen molar-refractivity contribution in [3.05, 3.63) is 35.9 Å². The second-order valence-electron chi connectivity index (χ2n) is 3.07. The van der Waals surface area contributed by atoms with Gasteiger partial charge in [0.05, 0.1) is 5.41 Å². The zero-order chi connectivity index (χ0) is 7.73. The zero-order valence-electron chi connectivity index (χ0n) is 6.21. The van der Waals surface area contributed by atoms with Crippen LogP contribution in [-0.2, 0) is 10.2 Å². The summed E-state index contributed by atoms with van der Waals surface area (Å²) in [6, 6.07) is 10.7. The minimum Gasteiger partial charge on any atom is -0.302 e. The standard InChI is InChI=1S/C10H9O/c11-8-10(6-7-10)9-4-2-1-3-5-9/h1-2,4-5,8H,6-7H2. The fourth-order valence-electron chi connectivity index (χ4n) is 1.31. The van der Waals surface area contributed by atoms with Gasteiger partial charge in [-0.2, -0.15) is 0 Å². The Bertz CT molecular complexity index is 259. The molecular formula is C10H9O. The van der Waals surface area contributed by atoms with E-state index in [1.165, 1.54) is 0 Å². The average molecular weight is 145 g/mol. The van der Waals surface area contributed by atoms with Gasteiger partial charge in [-0.1, -0.05) is 24.3 Å². The van der Waals surface area contributed by atoms with Gasteiger partial charge in [0.25, 0.3) is 0 Å². The van der Waals surface area contributed by atoms with Crippen LogP contribution >= 0.6 is 0 Å². The maximum absolute atomic E-state index is 10.7. The molecule has 0 aliphatic heterocycles. The van der Waals surface area contributed by atoms with Gasteiger partial charge in [-0.15, -0.1) is 0 Å². The summed E-state index contributed by atoms with van der Waals surface area (Å²) in [6.45, 7) is 0. The Morgan fingerprint density at radius 1 is 1.55 bits per heavy atom. The lowest BCUT2D eigenvalue weighted by atomic mass is 9.98. The van der Waals surface area contributed by atoms with Gasteiger partial charge in [0.2, 0.25) is 0 Å². The lowest BCUT2D eigenvalue weighted by molar-refractivity contribution is -0.109. The molecule has 0 spiro atoms. The average Bonchev–Trinajstić information content (AvgIpc) is 2.86. The largest absolute Gasteiger partial charge is 0.302 e. The van der Waals surface area contributed by atoms with E-state index >= 15 is 0 Å². The van der Waals surface area contributed by atoms with E-state index < -0.39 is 0 Å². The molecule has 1 saturated carbocycles. The lowest BCUT2D eigenvalue weighted by Crippen LogP contribution is -2.06. The van der Waals surface area contributed by atoms with Crippen molar-refractivity contribution in [3.63, 3.8) is 0 Å². The highest BCUT2D eigenvalue weighted by Crippen LogP contribution is 2.45. The summed E-state index contributed by atoms with van der Waals surface area (Å²) >= 11 is 0. The number of carbonyl (C=O) groups excluding carboxylic acids is 1. The van der Waals surface area contributed by atoms with Gasteiger partial charge in [-0.25, -0.2) is 0 Å². The molecular weight excluding hydrogens is 136 g/mol. The second kappa shape index (κ2) is 2.19. The van der Waals surface area contributed by atoms with E-state index in [9.17, 15) is 4.79 Å². The summed E-state index contributed by atoms with van der Waals surface area (Å²) in [5.74, 6) is 0. The molecule has 0 unspecified atom stereocenters. The van der Waals surface area contributed by atoms with Gasteiger partial charge in [0.1, 0.15) is 6.29 Å². The number of aldehydes is 1. The molecule has 1 aromatic carbocycles. The molecule has 0 atom stereocenters. The van der Waals surface area contributed by atoms with Gasteiger partial charge < -0.3 is 4.79 Å². The SMILES string of the molecule is O=CC1(c2c[c]ccc2)CC1. The second-order valence-corrected chi connectivity index (χ2v) is 3.07. The zero-order valence-corrected chi connectivity index (χ0v) is 6.21. The van der Waals surface area contributed by atoms with Crippen LogP contribution in [0.1, 0.15) is 18.4 Å². The Balaban J connectivity index is 2.37. The molecule has 0 saturated heterocycles. The van der Waals surface area contributed by atoms with Crippen LogP contribution in [0, 0.1) is 6.07 Å². The Hall–Kier alpha value is -1.11. The normalized spacial score (nSPS) is 19.3. The van der Waals surface area contributed by atoms with Crippen molar-refractivity contribution in [3.8, 4) is 0 Å². The smallest absolute Gasteiger partial charge is 0.130 e. The van der Waals surface area contributed by atoms with Crippen molar-refractivity contribution >= 4 is 6.29 Å². The van der Waals surface area contributed by atoms with Gasteiger partial charge in [-0.3, -0.25) is 0 Å². The predicted molar refractivity (Wildman–Crippen MR) is 42.3 cm³/mol. The number of rotatable bonds is 2. The number of hydrogen-bond donors (Lipinski definition) is 0. The van der Waals surface area contributed by atoms with Crippen LogP contribution in [0.15, 0.2) is 24.3 Å². The first-order chi connectivity index (χ1) is 5.37. The molecule has 11 heavy (non-hydrogen) atoms. The summed E-state index contributed by atoms with van der Waals surface area (Å²) in [6.07, 6.45) is 3.08. The first-order valence-electron chi connectivity index (χ1n) is 3.80. The molecule has 1 nitrogen and oxygen atoms in total. The van der Waals surface area contributed by atoms with Gasteiger partial charge >= 0.3 is 0 Å². The van der Waals surface area contributed by atoms with Gasteiger partial charge in [-0.05, 0) is 24.5 Å². The van der Waals surface area contributed by atoms with Crippen LogP contribution in [0.4, 0.5) is 0 Å². The van der Waals surface area contributed by atoms with E-state index in [1.54, 1.807) is 0 Å². The molecule has 1 aromatic rings. The highest BCUT2D eigenvalue weighted by atomic mass is 16.1. The molecule has 1 heteroatoms. The topological polar surface area (TPSA) is 17.1 Å². The van der Waals surface area contributed by atoms with E-state index in [0.717, 1.165) is 24.7 Å². The molecule has 1 aliphatic rings. The third-order valence-corrected chi connectivity index (χ3v) is 2.30. The van der Waals surface area contributed by atoms with Gasteiger partial charge in [0, 0.05) is 0 Å². The van der Waals surface area contributed by atoms with E-state index in [-0.39, 0.29) is 5.41 Å². The summed E-state index contributed by atoms with van der Waals surface area (Å²) in [5, 5.41) is 0. The Kier molecular flexibility index (Phi) is 1.31. The molecule has 0 aromatic heterocycles. The monoisotopic (exact) mass is 145 g/mol. The Labute approximate surface area is 66.0 Å². The highest BCUT2D eigenvalue weighted by molar-refractivity contribution is 5.72.